The van der Waals surface area contributed by atoms with Crippen LogP contribution in [0.4, 0.5) is 0 Å². The molecule has 0 rings (SSSR count). The van der Waals surface area contributed by atoms with Crippen molar-refractivity contribution >= 4 is 5.91 Å². The first kappa shape index (κ1) is 15.4. The van der Waals surface area contributed by atoms with Crippen LogP contribution in [0.25, 0.3) is 0 Å². The summed E-state index contributed by atoms with van der Waals surface area (Å²) in [6.45, 7) is 2.22. The van der Waals surface area contributed by atoms with Crippen molar-refractivity contribution in [2.75, 3.05) is 0 Å². The highest BCUT2D eigenvalue weighted by molar-refractivity contribution is 5.75. The summed E-state index contributed by atoms with van der Waals surface area (Å²) in [5, 5.41) is 10.3. The normalized spacial score (nSPS) is 10.4. The minimum absolute atomic E-state index is 0.0647. The molecule has 4 nitrogen and oxygen atoms in total. The maximum Gasteiger partial charge on any atom is 0.226 e. The molecule has 0 radical (unpaired) electrons. The largest absolute Gasteiger partial charge is 0.741 e. The average molecular weight is 229 g/mol. The number of nitrogens with two attached hydrogens (primary N) is 1. The van der Waals surface area contributed by atoms with Gasteiger partial charge in [-0.05, 0) is 6.42 Å². The van der Waals surface area contributed by atoms with Crippen LogP contribution in [-0.4, -0.2) is 11.1 Å². The fourth-order valence-electron chi connectivity index (χ4n) is 1.70. The highest BCUT2D eigenvalue weighted by Gasteiger charge is 1.99. The molecule has 0 aromatic heterocycles. The van der Waals surface area contributed by atoms with Crippen LogP contribution in [0.1, 0.15) is 71.1 Å². The number of carbonyl (C=O) groups excluding carboxylic acids is 1. The zero-order valence-corrected chi connectivity index (χ0v) is 10.4. The Kier molecular flexibility index (Phi) is 10.5. The molecular weight excluding hydrogens is 204 g/mol. The molecule has 16 heavy (non-hydrogen) atoms. The van der Waals surface area contributed by atoms with Gasteiger partial charge in [-0.1, -0.05) is 58.3 Å². The molecule has 0 aliphatic rings. The molecule has 96 valence electrons. The fourth-order valence-corrected chi connectivity index (χ4v) is 1.70. The Hall–Kier alpha value is -0.610. The third-order valence-corrected chi connectivity index (χ3v) is 2.74. The van der Waals surface area contributed by atoms with E-state index in [0.29, 0.717) is 0 Å². The Balaban J connectivity index is 3.07. The maximum absolute atomic E-state index is 10.8. The molecule has 0 bridgehead atoms. The molecule has 0 fully saturated rings. The molecule has 0 aromatic carbocycles. The van der Waals surface area contributed by atoms with Crippen LogP contribution in [0.2, 0.25) is 0 Å². The number of hydrazine groups is 1. The Labute approximate surface area is 98.7 Å². The lowest BCUT2D eigenvalue weighted by Gasteiger charge is -2.20. The highest BCUT2D eigenvalue weighted by Crippen LogP contribution is 2.10. The first-order valence-corrected chi connectivity index (χ1v) is 6.43. The maximum atomic E-state index is 10.8. The number of hydrogen-bond acceptors (Lipinski definition) is 3. The van der Waals surface area contributed by atoms with Crippen molar-refractivity contribution in [3.8, 4) is 0 Å². The number of hydroxylamine groups is 1. The summed E-state index contributed by atoms with van der Waals surface area (Å²) >= 11 is 0. The number of unbranched alkanes of at least 4 members (excludes halogenated alkanes) is 8. The molecule has 0 heterocycles. The number of hydrogen-bond donors (Lipinski definition) is 1. The van der Waals surface area contributed by atoms with Crippen molar-refractivity contribution in [1.82, 2.24) is 5.17 Å². The van der Waals surface area contributed by atoms with Crippen molar-refractivity contribution < 1.29 is 4.79 Å². The van der Waals surface area contributed by atoms with Crippen molar-refractivity contribution in [2.45, 2.75) is 71.1 Å². The summed E-state index contributed by atoms with van der Waals surface area (Å²) in [6.07, 6.45) is 11.1. The van der Waals surface area contributed by atoms with Gasteiger partial charge in [0.05, 0.1) is 0 Å². The van der Waals surface area contributed by atoms with Crippen LogP contribution >= 0.6 is 0 Å². The van der Waals surface area contributed by atoms with Crippen molar-refractivity contribution in [2.24, 2.45) is 5.84 Å². The second-order valence-electron chi connectivity index (χ2n) is 4.30. The molecule has 0 aromatic rings. The number of carbonyl (C=O) groups is 1. The van der Waals surface area contributed by atoms with E-state index in [1.807, 2.05) is 0 Å². The van der Waals surface area contributed by atoms with Gasteiger partial charge in [-0.15, -0.1) is 0 Å². The molecule has 0 saturated heterocycles. The third-order valence-electron chi connectivity index (χ3n) is 2.74. The predicted molar refractivity (Wildman–Crippen MR) is 66.2 cm³/mol. The standard InChI is InChI=1S/C12H25N2O2/c1-2-3-4-5-6-7-8-9-10-11-12(15)14(13)16/h2-11,13H2,1H3/q-1. The van der Waals surface area contributed by atoms with Gasteiger partial charge in [0.25, 0.3) is 0 Å². The van der Waals surface area contributed by atoms with Crippen LogP contribution in [-0.2, 0) is 4.79 Å². The van der Waals surface area contributed by atoms with Crippen LogP contribution in [0.5, 0.6) is 0 Å². The number of amides is 1. The lowest BCUT2D eigenvalue weighted by Crippen LogP contribution is -2.30. The van der Waals surface area contributed by atoms with Gasteiger partial charge in [-0.25, -0.2) is 0 Å². The molecule has 0 unspecified atom stereocenters. The third kappa shape index (κ3) is 9.93. The van der Waals surface area contributed by atoms with E-state index < -0.39 is 5.91 Å². The van der Waals surface area contributed by atoms with E-state index in [-0.39, 0.29) is 11.6 Å². The first-order valence-electron chi connectivity index (χ1n) is 6.43. The number of rotatable bonds is 10. The second-order valence-corrected chi connectivity index (χ2v) is 4.30. The molecule has 0 saturated carbocycles. The van der Waals surface area contributed by atoms with Crippen LogP contribution in [0.3, 0.4) is 0 Å². The molecular formula is C12H25N2O2-. The van der Waals surface area contributed by atoms with Crippen molar-refractivity contribution in [1.29, 1.82) is 0 Å². The summed E-state index contributed by atoms with van der Waals surface area (Å²) in [5.74, 6) is 4.26. The second kappa shape index (κ2) is 10.9. The molecule has 1 amide bonds. The van der Waals surface area contributed by atoms with Gasteiger partial charge in [-0.3, -0.25) is 10.6 Å². The van der Waals surface area contributed by atoms with E-state index in [1.165, 1.54) is 38.5 Å². The van der Waals surface area contributed by atoms with E-state index >= 15 is 0 Å². The SMILES string of the molecule is CCCCCCCCCCCC(=O)N(N)[O-]. The van der Waals surface area contributed by atoms with Gasteiger partial charge >= 0.3 is 0 Å². The number of nitrogens with zero attached hydrogens (tertiary/aromatic N) is 1. The van der Waals surface area contributed by atoms with E-state index in [2.05, 4.69) is 6.92 Å². The zero-order chi connectivity index (χ0) is 12.2. The Bertz CT molecular complexity index is 172. The van der Waals surface area contributed by atoms with E-state index in [4.69, 9.17) is 5.84 Å². The monoisotopic (exact) mass is 229 g/mol. The summed E-state index contributed by atoms with van der Waals surface area (Å²) in [7, 11) is 0. The Morgan fingerprint density at radius 2 is 1.44 bits per heavy atom. The summed E-state index contributed by atoms with van der Waals surface area (Å²) < 4.78 is 0. The van der Waals surface area contributed by atoms with Crippen LogP contribution < -0.4 is 5.84 Å². The molecule has 0 spiro atoms. The summed E-state index contributed by atoms with van der Waals surface area (Å²) in [4.78, 5) is 10.8. The smallest absolute Gasteiger partial charge is 0.226 e. The summed E-state index contributed by atoms with van der Waals surface area (Å²) in [6, 6.07) is 0. The van der Waals surface area contributed by atoms with Gasteiger partial charge in [0, 0.05) is 6.42 Å². The zero-order valence-electron chi connectivity index (χ0n) is 10.4. The van der Waals surface area contributed by atoms with Gasteiger partial charge in [0.1, 0.15) is 0 Å². The average Bonchev–Trinajstić information content (AvgIpc) is 2.26. The van der Waals surface area contributed by atoms with E-state index in [0.717, 1.165) is 19.3 Å². The Morgan fingerprint density at radius 1 is 1.00 bits per heavy atom. The molecule has 0 atom stereocenters. The van der Waals surface area contributed by atoms with Gasteiger partial charge in [0.15, 0.2) is 0 Å². The van der Waals surface area contributed by atoms with E-state index in [9.17, 15) is 10.0 Å². The molecule has 4 heteroatoms. The first-order chi connectivity index (χ1) is 7.68. The van der Waals surface area contributed by atoms with Gasteiger partial charge in [0.2, 0.25) is 5.91 Å². The lowest BCUT2D eigenvalue weighted by atomic mass is 10.1. The van der Waals surface area contributed by atoms with Crippen molar-refractivity contribution in [3.63, 3.8) is 0 Å². The Morgan fingerprint density at radius 3 is 1.88 bits per heavy atom. The van der Waals surface area contributed by atoms with Gasteiger partial charge < -0.3 is 10.4 Å². The van der Waals surface area contributed by atoms with Gasteiger partial charge in [-0.2, -0.15) is 0 Å². The molecule has 0 aliphatic heterocycles. The summed E-state index contributed by atoms with van der Waals surface area (Å²) in [5.41, 5.74) is 0. The minimum atomic E-state index is -0.511. The minimum Gasteiger partial charge on any atom is -0.741 e. The molecule has 2 N–H and O–H groups in total. The van der Waals surface area contributed by atoms with Crippen molar-refractivity contribution in [3.05, 3.63) is 5.21 Å². The highest BCUT2D eigenvalue weighted by atomic mass is 16.5. The van der Waals surface area contributed by atoms with Crippen LogP contribution in [0.15, 0.2) is 0 Å². The molecule has 0 aliphatic carbocycles. The van der Waals surface area contributed by atoms with E-state index in [1.54, 1.807) is 0 Å². The predicted octanol–water partition coefficient (Wildman–Crippen LogP) is 3.11. The quantitative estimate of drug-likeness (QED) is 0.271. The lowest BCUT2D eigenvalue weighted by molar-refractivity contribution is -0.129. The fraction of sp³-hybridized carbons (Fsp3) is 0.917. The topological polar surface area (TPSA) is 69.4 Å². The van der Waals surface area contributed by atoms with Crippen LogP contribution in [0, 0.1) is 5.21 Å².